The van der Waals surface area contributed by atoms with Crippen LogP contribution in [0.2, 0.25) is 0 Å². The molecule has 0 aromatic carbocycles. The molecule has 0 aromatic heterocycles. The largest absolute Gasteiger partial charge is 0.369 e. The Morgan fingerprint density at radius 2 is 1.68 bits per heavy atom. The Hall–Kier alpha value is -0.570. The molecule has 1 aliphatic rings. The highest BCUT2D eigenvalue weighted by Crippen LogP contribution is 2.09. The summed E-state index contributed by atoms with van der Waals surface area (Å²) in [6.45, 7) is 6.33. The Balaban J connectivity index is -0.000000284. The van der Waals surface area contributed by atoms with Gasteiger partial charge in [0.05, 0.1) is 5.92 Å². The Bertz CT molecular complexity index is 202. The van der Waals surface area contributed by atoms with Crippen molar-refractivity contribution in [2.24, 2.45) is 11.7 Å². The molecule has 1 saturated heterocycles. The number of nitrogens with two attached hydrogens (primary N) is 1. The standard InChI is InChI=1S/C9H20.C7H14N2O.2H2/c1-3-5-7-9-8-6-4-2;8-7(10)6-3-1-2-4-9-5-6;;/h3-9H2,1-2H3;6,9H,1-5H2,(H2,8,10);2*1H/t;6-;;/m.0../s1. The van der Waals surface area contributed by atoms with Crippen LogP contribution in [0, 0.1) is 5.92 Å². The molecule has 1 amide bonds. The van der Waals surface area contributed by atoms with E-state index in [0.717, 1.165) is 25.9 Å². The zero-order chi connectivity index (χ0) is 14.3. The maximum absolute atomic E-state index is 10.7. The van der Waals surface area contributed by atoms with Crippen molar-refractivity contribution in [2.75, 3.05) is 13.1 Å². The van der Waals surface area contributed by atoms with Crippen LogP contribution in [0.4, 0.5) is 0 Å². The summed E-state index contributed by atoms with van der Waals surface area (Å²) in [5.41, 5.74) is 5.16. The van der Waals surface area contributed by atoms with Gasteiger partial charge in [0.15, 0.2) is 0 Å². The van der Waals surface area contributed by atoms with Crippen LogP contribution >= 0.6 is 0 Å². The smallest absolute Gasteiger partial charge is 0.221 e. The summed E-state index contributed by atoms with van der Waals surface area (Å²) >= 11 is 0. The van der Waals surface area contributed by atoms with E-state index in [1.165, 1.54) is 51.4 Å². The molecule has 3 nitrogen and oxygen atoms in total. The molecule has 0 unspecified atom stereocenters. The summed E-state index contributed by atoms with van der Waals surface area (Å²) in [6, 6.07) is 0. The third-order valence-corrected chi connectivity index (χ3v) is 3.66. The fraction of sp³-hybridized carbons (Fsp3) is 0.938. The van der Waals surface area contributed by atoms with Crippen molar-refractivity contribution in [3.8, 4) is 0 Å². The predicted molar refractivity (Wildman–Crippen MR) is 87.3 cm³/mol. The summed E-state index contributed by atoms with van der Waals surface area (Å²) in [7, 11) is 0. The monoisotopic (exact) mass is 274 g/mol. The summed E-state index contributed by atoms with van der Waals surface area (Å²) in [4.78, 5) is 10.7. The number of carbonyl (C=O) groups is 1. The number of carbonyl (C=O) groups excluding carboxylic acids is 1. The van der Waals surface area contributed by atoms with Crippen LogP contribution in [-0.2, 0) is 4.79 Å². The number of nitrogens with one attached hydrogen (secondary N) is 1. The minimum atomic E-state index is -0.158. The third-order valence-electron chi connectivity index (χ3n) is 3.66. The first kappa shape index (κ1) is 18.4. The molecule has 19 heavy (non-hydrogen) atoms. The van der Waals surface area contributed by atoms with Gasteiger partial charge >= 0.3 is 0 Å². The lowest BCUT2D eigenvalue weighted by Crippen LogP contribution is -2.31. The molecule has 0 aromatic rings. The summed E-state index contributed by atoms with van der Waals surface area (Å²) in [6.07, 6.45) is 13.2. The molecule has 1 fully saturated rings. The average molecular weight is 274 g/mol. The van der Waals surface area contributed by atoms with Gasteiger partial charge < -0.3 is 11.1 Å². The predicted octanol–water partition coefficient (Wildman–Crippen LogP) is 4.11. The first-order valence-electron chi connectivity index (χ1n) is 8.22. The fourth-order valence-electron chi connectivity index (χ4n) is 2.29. The van der Waals surface area contributed by atoms with Gasteiger partial charge in [-0.1, -0.05) is 65.2 Å². The minimum Gasteiger partial charge on any atom is -0.369 e. The molecule has 0 aliphatic carbocycles. The van der Waals surface area contributed by atoms with E-state index < -0.39 is 0 Å². The van der Waals surface area contributed by atoms with E-state index in [2.05, 4.69) is 19.2 Å². The number of primary amides is 1. The maximum atomic E-state index is 10.7. The van der Waals surface area contributed by atoms with Crippen LogP contribution in [-0.4, -0.2) is 19.0 Å². The maximum Gasteiger partial charge on any atom is 0.221 e. The van der Waals surface area contributed by atoms with Crippen LogP contribution in [0.3, 0.4) is 0 Å². The fourth-order valence-corrected chi connectivity index (χ4v) is 2.29. The van der Waals surface area contributed by atoms with Gasteiger partial charge in [-0.2, -0.15) is 0 Å². The van der Waals surface area contributed by atoms with Crippen molar-refractivity contribution in [1.29, 1.82) is 0 Å². The second kappa shape index (κ2) is 13.9. The zero-order valence-corrected chi connectivity index (χ0v) is 13.0. The van der Waals surface area contributed by atoms with Crippen LogP contribution in [0.1, 0.15) is 80.9 Å². The summed E-state index contributed by atoms with van der Waals surface area (Å²) in [5, 5.41) is 3.18. The summed E-state index contributed by atoms with van der Waals surface area (Å²) < 4.78 is 0. The molecular weight excluding hydrogens is 236 g/mol. The van der Waals surface area contributed by atoms with E-state index in [9.17, 15) is 4.79 Å². The highest BCUT2D eigenvalue weighted by molar-refractivity contribution is 5.76. The van der Waals surface area contributed by atoms with Gasteiger partial charge in [0.25, 0.3) is 0 Å². The Morgan fingerprint density at radius 1 is 1.11 bits per heavy atom. The Kier molecular flexibility index (Phi) is 13.4. The first-order chi connectivity index (χ1) is 9.22. The number of hydrogen-bond acceptors (Lipinski definition) is 2. The number of hydrogen-bond donors (Lipinski definition) is 2. The van der Waals surface area contributed by atoms with Gasteiger partial charge in [0.1, 0.15) is 0 Å². The van der Waals surface area contributed by atoms with Crippen molar-refractivity contribution in [2.45, 2.75) is 78.1 Å². The molecule has 1 aliphatic heterocycles. The van der Waals surface area contributed by atoms with E-state index >= 15 is 0 Å². The lowest BCUT2D eigenvalue weighted by Gasteiger charge is -2.07. The highest BCUT2D eigenvalue weighted by atomic mass is 16.1. The molecule has 0 saturated carbocycles. The van der Waals surface area contributed by atoms with Crippen LogP contribution in [0.25, 0.3) is 0 Å². The first-order valence-corrected chi connectivity index (χ1v) is 8.22. The zero-order valence-electron chi connectivity index (χ0n) is 13.0. The van der Waals surface area contributed by atoms with Gasteiger partial charge in [-0.25, -0.2) is 0 Å². The second-order valence-electron chi connectivity index (χ2n) is 5.57. The third kappa shape index (κ3) is 12.2. The van der Waals surface area contributed by atoms with Crippen molar-refractivity contribution in [3.05, 3.63) is 0 Å². The minimum absolute atomic E-state index is 0. The van der Waals surface area contributed by atoms with Crippen LogP contribution in [0.5, 0.6) is 0 Å². The van der Waals surface area contributed by atoms with E-state index in [1.807, 2.05) is 0 Å². The average Bonchev–Trinajstić information content (AvgIpc) is 2.68. The molecule has 0 radical (unpaired) electrons. The van der Waals surface area contributed by atoms with Crippen molar-refractivity contribution < 1.29 is 7.65 Å². The van der Waals surface area contributed by atoms with Crippen LogP contribution in [0.15, 0.2) is 0 Å². The highest BCUT2D eigenvalue weighted by Gasteiger charge is 2.16. The van der Waals surface area contributed by atoms with Gasteiger partial charge in [-0.15, -0.1) is 0 Å². The quantitative estimate of drug-likeness (QED) is 0.686. The number of unbranched alkanes of at least 4 members (excludes halogenated alkanes) is 6. The van der Waals surface area contributed by atoms with Gasteiger partial charge in [-0.3, -0.25) is 4.79 Å². The number of amides is 1. The van der Waals surface area contributed by atoms with Gasteiger partial charge in [-0.05, 0) is 19.4 Å². The van der Waals surface area contributed by atoms with Gasteiger partial charge in [0.2, 0.25) is 5.91 Å². The molecule has 1 heterocycles. The van der Waals surface area contributed by atoms with E-state index in [0.29, 0.717) is 0 Å². The normalized spacial score (nSPS) is 19.2. The summed E-state index contributed by atoms with van der Waals surface area (Å²) in [5.74, 6) is -0.0862. The van der Waals surface area contributed by atoms with E-state index in [1.54, 1.807) is 0 Å². The molecule has 3 N–H and O–H groups in total. The second-order valence-corrected chi connectivity index (χ2v) is 5.57. The van der Waals surface area contributed by atoms with E-state index in [4.69, 9.17) is 5.73 Å². The van der Waals surface area contributed by atoms with Crippen molar-refractivity contribution in [1.82, 2.24) is 5.32 Å². The van der Waals surface area contributed by atoms with Gasteiger partial charge in [0, 0.05) is 9.40 Å². The topological polar surface area (TPSA) is 55.1 Å². The molecule has 1 rings (SSSR count). The molecule has 3 heteroatoms. The Labute approximate surface area is 122 Å². The lowest BCUT2D eigenvalue weighted by molar-refractivity contribution is -0.121. The van der Waals surface area contributed by atoms with Crippen molar-refractivity contribution in [3.63, 3.8) is 0 Å². The van der Waals surface area contributed by atoms with E-state index in [-0.39, 0.29) is 14.7 Å². The molecule has 1 atom stereocenters. The lowest BCUT2D eigenvalue weighted by atomic mass is 10.0. The van der Waals surface area contributed by atoms with Crippen molar-refractivity contribution >= 4 is 5.91 Å². The van der Waals surface area contributed by atoms with Crippen LogP contribution < -0.4 is 11.1 Å². The molecule has 118 valence electrons. The molecule has 0 spiro atoms. The molecule has 0 bridgehead atoms. The number of rotatable bonds is 7. The Morgan fingerprint density at radius 3 is 2.21 bits per heavy atom. The SMILES string of the molecule is CCCCCCCCC.NC(=O)[C@H]1CCCCNC1.[HH].[HH]. The molecular formula is C16H38N2O.